The smallest absolute Gasteiger partial charge is 0.259 e. The topological polar surface area (TPSA) is 66.6 Å². The van der Waals surface area contributed by atoms with Crippen LogP contribution in [-0.2, 0) is 0 Å². The van der Waals surface area contributed by atoms with Crippen molar-refractivity contribution < 1.29 is 14.4 Å². The van der Waals surface area contributed by atoms with Gasteiger partial charge in [-0.3, -0.25) is 4.79 Å². The van der Waals surface area contributed by atoms with Crippen LogP contribution in [-0.4, -0.2) is 39.8 Å². The van der Waals surface area contributed by atoms with Crippen LogP contribution < -0.4 is 0 Å². The van der Waals surface area contributed by atoms with Crippen molar-refractivity contribution >= 4 is 5.91 Å². The van der Waals surface area contributed by atoms with Gasteiger partial charge in [-0.05, 0) is 39.2 Å². The molecule has 1 fully saturated rings. The lowest BCUT2D eigenvalue weighted by molar-refractivity contribution is -0.0146. The molecule has 1 aliphatic heterocycles. The molecule has 0 bridgehead atoms. The van der Waals surface area contributed by atoms with E-state index in [1.807, 2.05) is 45.0 Å². The van der Waals surface area contributed by atoms with Gasteiger partial charge in [0, 0.05) is 24.6 Å². The fourth-order valence-electron chi connectivity index (χ4n) is 3.33. The van der Waals surface area contributed by atoms with Crippen LogP contribution in [0.4, 0.5) is 0 Å². The molecule has 5 heteroatoms. The Morgan fingerprint density at radius 1 is 1.38 bits per heavy atom. The van der Waals surface area contributed by atoms with Gasteiger partial charge in [0.2, 0.25) is 0 Å². The third kappa shape index (κ3) is 3.22. The summed E-state index contributed by atoms with van der Waals surface area (Å²) in [5.41, 5.74) is 2.25. The molecule has 24 heavy (non-hydrogen) atoms. The van der Waals surface area contributed by atoms with Crippen molar-refractivity contribution in [2.45, 2.75) is 39.2 Å². The third-order valence-corrected chi connectivity index (χ3v) is 4.91. The molecule has 1 atom stereocenters. The van der Waals surface area contributed by atoms with Crippen LogP contribution in [0.5, 0.6) is 0 Å². The first-order valence-electron chi connectivity index (χ1n) is 8.40. The Morgan fingerprint density at radius 3 is 2.83 bits per heavy atom. The van der Waals surface area contributed by atoms with E-state index in [1.165, 1.54) is 6.26 Å². The van der Waals surface area contributed by atoms with Gasteiger partial charge in [0.15, 0.2) is 0 Å². The minimum Gasteiger partial charge on any atom is -0.390 e. The number of rotatable bonds is 3. The Balaban J connectivity index is 1.87. The summed E-state index contributed by atoms with van der Waals surface area (Å²) in [6.45, 7) is 6.86. The number of aliphatic hydroxyl groups is 1. The predicted molar refractivity (Wildman–Crippen MR) is 91.6 cm³/mol. The summed E-state index contributed by atoms with van der Waals surface area (Å²) in [6.07, 6.45) is 3.25. The number of nitrogens with zero attached hydrogens (tertiary/aromatic N) is 2. The maximum Gasteiger partial charge on any atom is 0.259 e. The van der Waals surface area contributed by atoms with Crippen molar-refractivity contribution in [3.63, 3.8) is 0 Å². The zero-order valence-corrected chi connectivity index (χ0v) is 14.5. The Kier molecular flexibility index (Phi) is 4.45. The van der Waals surface area contributed by atoms with E-state index in [1.54, 1.807) is 4.90 Å². The lowest BCUT2D eigenvalue weighted by Crippen LogP contribution is -2.47. The molecule has 1 N–H and O–H groups in total. The fraction of sp³-hybridized carbons (Fsp3) is 0.474. The Morgan fingerprint density at radius 2 is 2.12 bits per heavy atom. The summed E-state index contributed by atoms with van der Waals surface area (Å²) in [5, 5.41) is 14.3. The summed E-state index contributed by atoms with van der Waals surface area (Å²) < 4.78 is 5.11. The average Bonchev–Trinajstić information content (AvgIpc) is 3.03. The van der Waals surface area contributed by atoms with Gasteiger partial charge < -0.3 is 14.5 Å². The van der Waals surface area contributed by atoms with Gasteiger partial charge in [0.25, 0.3) is 5.91 Å². The molecule has 0 unspecified atom stereocenters. The van der Waals surface area contributed by atoms with E-state index in [4.69, 9.17) is 4.52 Å². The minimum absolute atomic E-state index is 0.0801. The molecule has 128 valence electrons. The maximum absolute atomic E-state index is 13.0. The van der Waals surface area contributed by atoms with Crippen LogP contribution >= 0.6 is 0 Å². The van der Waals surface area contributed by atoms with E-state index in [2.05, 4.69) is 5.16 Å². The molecule has 1 amide bonds. The monoisotopic (exact) mass is 328 g/mol. The molecule has 0 radical (unpaired) electrons. The number of aryl methyl sites for hydroxylation is 1. The van der Waals surface area contributed by atoms with Crippen LogP contribution in [0.2, 0.25) is 0 Å². The van der Waals surface area contributed by atoms with Gasteiger partial charge >= 0.3 is 0 Å². The van der Waals surface area contributed by atoms with Crippen molar-refractivity contribution in [3.8, 4) is 11.3 Å². The highest BCUT2D eigenvalue weighted by atomic mass is 16.5. The van der Waals surface area contributed by atoms with Gasteiger partial charge in [0.1, 0.15) is 17.5 Å². The Hall–Kier alpha value is -2.14. The predicted octanol–water partition coefficient (Wildman–Crippen LogP) is 3.27. The number of aromatic nitrogens is 1. The lowest BCUT2D eigenvalue weighted by atomic mass is 9.84. The molecule has 2 aromatic rings. The Bertz CT molecular complexity index is 730. The molecular weight excluding hydrogens is 304 g/mol. The molecule has 0 spiro atoms. The summed E-state index contributed by atoms with van der Waals surface area (Å²) in [6, 6.07) is 7.82. The van der Waals surface area contributed by atoms with Crippen molar-refractivity contribution in [1.82, 2.24) is 10.1 Å². The molecule has 3 rings (SSSR count). The number of likely N-dealkylation sites (tertiary alicyclic amines) is 1. The van der Waals surface area contributed by atoms with E-state index >= 15 is 0 Å². The number of hydrogen-bond acceptors (Lipinski definition) is 4. The molecule has 5 nitrogen and oxygen atoms in total. The van der Waals surface area contributed by atoms with Gasteiger partial charge in [-0.25, -0.2) is 0 Å². The molecule has 2 heterocycles. The van der Waals surface area contributed by atoms with E-state index < -0.39 is 5.60 Å². The zero-order chi connectivity index (χ0) is 17.3. The quantitative estimate of drug-likeness (QED) is 0.939. The highest BCUT2D eigenvalue weighted by Crippen LogP contribution is 2.30. The Labute approximate surface area is 142 Å². The van der Waals surface area contributed by atoms with Gasteiger partial charge in [0.05, 0.1) is 5.60 Å². The maximum atomic E-state index is 13.0. The fourth-order valence-corrected chi connectivity index (χ4v) is 3.33. The molecular formula is C19H24N2O3. The molecule has 1 aliphatic rings. The second-order valence-electron chi connectivity index (χ2n) is 7.14. The van der Waals surface area contributed by atoms with E-state index in [0.717, 1.165) is 24.0 Å². The summed E-state index contributed by atoms with van der Waals surface area (Å²) >= 11 is 0. The first kappa shape index (κ1) is 16.7. The standard InChI is InChI=1S/C19H24N2O3/c1-13-7-4-5-9-15(13)17-16(12-24-20-17)18(22)21-10-6-8-14(11-21)19(2,3)23/h4-5,7,9,12,14,23H,6,8,10-11H2,1-3H3/t14-/m1/s1. The second-order valence-corrected chi connectivity index (χ2v) is 7.14. The molecule has 1 aromatic heterocycles. The van der Waals surface area contributed by atoms with E-state index in [-0.39, 0.29) is 11.8 Å². The number of carbonyl (C=O) groups is 1. The first-order valence-corrected chi connectivity index (χ1v) is 8.40. The van der Waals surface area contributed by atoms with Crippen LogP contribution in [0, 0.1) is 12.8 Å². The van der Waals surface area contributed by atoms with Gasteiger partial charge in [-0.15, -0.1) is 0 Å². The lowest BCUT2D eigenvalue weighted by Gasteiger charge is -2.38. The minimum atomic E-state index is -0.785. The highest BCUT2D eigenvalue weighted by molar-refractivity contribution is 5.99. The van der Waals surface area contributed by atoms with Crippen LogP contribution in [0.1, 0.15) is 42.6 Å². The van der Waals surface area contributed by atoms with E-state index in [9.17, 15) is 9.90 Å². The first-order chi connectivity index (χ1) is 11.4. The normalized spacial score (nSPS) is 18.7. The van der Waals surface area contributed by atoms with Gasteiger partial charge in [-0.1, -0.05) is 29.4 Å². The van der Waals surface area contributed by atoms with Crippen LogP contribution in [0.25, 0.3) is 11.3 Å². The molecule has 0 aliphatic carbocycles. The van der Waals surface area contributed by atoms with Crippen LogP contribution in [0.3, 0.4) is 0 Å². The molecule has 1 aromatic carbocycles. The van der Waals surface area contributed by atoms with E-state index in [0.29, 0.717) is 24.3 Å². The number of benzene rings is 1. The van der Waals surface area contributed by atoms with Crippen LogP contribution in [0.15, 0.2) is 35.1 Å². The van der Waals surface area contributed by atoms with Crippen molar-refractivity contribution in [3.05, 3.63) is 41.7 Å². The summed E-state index contributed by atoms with van der Waals surface area (Å²) in [5.74, 6) is 0.000393. The average molecular weight is 328 g/mol. The van der Waals surface area contributed by atoms with Gasteiger partial charge in [-0.2, -0.15) is 0 Å². The highest BCUT2D eigenvalue weighted by Gasteiger charge is 2.34. The largest absolute Gasteiger partial charge is 0.390 e. The number of amides is 1. The summed E-state index contributed by atoms with van der Waals surface area (Å²) in [4.78, 5) is 14.8. The zero-order valence-electron chi connectivity index (χ0n) is 14.5. The van der Waals surface area contributed by atoms with Crippen molar-refractivity contribution in [2.75, 3.05) is 13.1 Å². The van der Waals surface area contributed by atoms with Crippen molar-refractivity contribution in [1.29, 1.82) is 0 Å². The van der Waals surface area contributed by atoms with Crippen molar-refractivity contribution in [2.24, 2.45) is 5.92 Å². The SMILES string of the molecule is Cc1ccccc1-c1nocc1C(=O)N1CCC[C@@H](C(C)(C)O)C1. The number of hydrogen-bond donors (Lipinski definition) is 1. The molecule has 0 saturated carbocycles. The number of carbonyl (C=O) groups excluding carboxylic acids is 1. The summed E-state index contributed by atoms with van der Waals surface area (Å²) in [7, 11) is 0. The number of piperidine rings is 1. The molecule has 1 saturated heterocycles. The second kappa shape index (κ2) is 6.40. The third-order valence-electron chi connectivity index (χ3n) is 4.91.